The van der Waals surface area contributed by atoms with E-state index >= 15 is 0 Å². The van der Waals surface area contributed by atoms with Crippen LogP contribution in [0.15, 0.2) is 18.2 Å². The number of likely N-dealkylation sites (tertiary alicyclic amines) is 1. The molecule has 1 saturated heterocycles. The minimum absolute atomic E-state index is 0.293. The lowest BCUT2D eigenvalue weighted by Gasteiger charge is -2.33. The highest BCUT2D eigenvalue weighted by Crippen LogP contribution is 2.24. The van der Waals surface area contributed by atoms with Crippen LogP contribution in [-0.2, 0) is 11.2 Å². The second-order valence-corrected chi connectivity index (χ2v) is 7.23. The van der Waals surface area contributed by atoms with Gasteiger partial charge in [-0.25, -0.2) is 14.0 Å². The van der Waals surface area contributed by atoms with Crippen molar-refractivity contribution in [3.8, 4) is 0 Å². The Morgan fingerprint density at radius 2 is 1.92 bits per heavy atom. The summed E-state index contributed by atoms with van der Waals surface area (Å²) in [6.45, 7) is 6.75. The average Bonchev–Trinajstić information content (AvgIpc) is 2.48. The van der Waals surface area contributed by atoms with E-state index in [1.165, 1.54) is 12.1 Å². The van der Waals surface area contributed by atoms with Gasteiger partial charge in [0.25, 0.3) is 0 Å². The lowest BCUT2D eigenvalue weighted by atomic mass is 9.90. The molecule has 1 fully saturated rings. The molecule has 1 aromatic rings. The molecule has 5 nitrogen and oxygen atoms in total. The molecule has 0 bridgehead atoms. The molecular formula is C18H24FNO4. The molecule has 1 N–H and O–H groups in total. The number of piperidine rings is 1. The molecule has 0 aliphatic carbocycles. The van der Waals surface area contributed by atoms with E-state index in [1.807, 2.05) is 20.8 Å². The highest BCUT2D eigenvalue weighted by molar-refractivity contribution is 5.88. The summed E-state index contributed by atoms with van der Waals surface area (Å²) in [5.41, 5.74) is 0.0122. The summed E-state index contributed by atoms with van der Waals surface area (Å²) in [4.78, 5) is 24.7. The largest absolute Gasteiger partial charge is 0.478 e. The molecule has 2 rings (SSSR count). The Morgan fingerprint density at radius 3 is 2.46 bits per heavy atom. The number of benzene rings is 1. The number of nitrogens with zero attached hydrogens (tertiary/aromatic N) is 1. The van der Waals surface area contributed by atoms with Crippen LogP contribution >= 0.6 is 0 Å². The van der Waals surface area contributed by atoms with Crippen LogP contribution in [-0.4, -0.2) is 40.8 Å². The number of ether oxygens (including phenoxy) is 1. The van der Waals surface area contributed by atoms with Gasteiger partial charge in [-0.1, -0.05) is 6.07 Å². The zero-order valence-corrected chi connectivity index (χ0v) is 14.3. The van der Waals surface area contributed by atoms with Crippen LogP contribution in [0.5, 0.6) is 0 Å². The second-order valence-electron chi connectivity index (χ2n) is 7.23. The van der Waals surface area contributed by atoms with Gasteiger partial charge in [-0.2, -0.15) is 0 Å². The third-order valence-corrected chi connectivity index (χ3v) is 4.05. The molecule has 0 radical (unpaired) electrons. The zero-order chi connectivity index (χ0) is 17.9. The predicted octanol–water partition coefficient (Wildman–Crippen LogP) is 3.71. The first-order valence-corrected chi connectivity index (χ1v) is 8.15. The van der Waals surface area contributed by atoms with E-state index < -0.39 is 17.4 Å². The normalized spacial score (nSPS) is 16.1. The van der Waals surface area contributed by atoms with Crippen LogP contribution in [0.3, 0.4) is 0 Å². The van der Waals surface area contributed by atoms with Crippen molar-refractivity contribution in [2.24, 2.45) is 5.92 Å². The first-order chi connectivity index (χ1) is 11.2. The van der Waals surface area contributed by atoms with E-state index in [2.05, 4.69) is 0 Å². The van der Waals surface area contributed by atoms with E-state index in [0.717, 1.165) is 18.4 Å². The third-order valence-electron chi connectivity index (χ3n) is 4.05. The van der Waals surface area contributed by atoms with Crippen LogP contribution in [0.1, 0.15) is 49.5 Å². The highest BCUT2D eigenvalue weighted by atomic mass is 19.1. The number of carbonyl (C=O) groups is 2. The Morgan fingerprint density at radius 1 is 1.29 bits per heavy atom. The van der Waals surface area contributed by atoms with Crippen molar-refractivity contribution >= 4 is 12.1 Å². The van der Waals surface area contributed by atoms with Gasteiger partial charge >= 0.3 is 12.1 Å². The molecule has 1 amide bonds. The smallest absolute Gasteiger partial charge is 0.410 e. The number of carbonyl (C=O) groups excluding carboxylic acids is 1. The summed E-state index contributed by atoms with van der Waals surface area (Å²) < 4.78 is 18.8. The molecule has 0 spiro atoms. The molecule has 0 saturated carbocycles. The molecule has 0 unspecified atom stereocenters. The van der Waals surface area contributed by atoms with Gasteiger partial charge in [0, 0.05) is 13.1 Å². The number of halogens is 1. The molecule has 132 valence electrons. The highest BCUT2D eigenvalue weighted by Gasteiger charge is 2.27. The molecule has 1 aliphatic heterocycles. The maximum absolute atomic E-state index is 13.4. The van der Waals surface area contributed by atoms with Gasteiger partial charge in [-0.3, -0.25) is 0 Å². The molecule has 6 heteroatoms. The Hall–Kier alpha value is -2.11. The van der Waals surface area contributed by atoms with Crippen molar-refractivity contribution in [2.45, 2.75) is 45.6 Å². The summed E-state index contributed by atoms with van der Waals surface area (Å²) in [5, 5.41) is 8.99. The Balaban J connectivity index is 1.90. The van der Waals surface area contributed by atoms with Crippen molar-refractivity contribution in [1.82, 2.24) is 4.90 Å². The number of carboxylic acids is 1. The third kappa shape index (κ3) is 4.94. The lowest BCUT2D eigenvalue weighted by Crippen LogP contribution is -2.42. The SMILES string of the molecule is CC(C)(C)OC(=O)N1CCC(Cc2ccc(F)c(C(=O)O)c2)CC1. The Labute approximate surface area is 141 Å². The Bertz CT molecular complexity index is 616. The first-order valence-electron chi connectivity index (χ1n) is 8.15. The molecule has 1 heterocycles. The van der Waals surface area contributed by atoms with Gasteiger partial charge in [0.1, 0.15) is 11.4 Å². The van der Waals surface area contributed by atoms with Crippen LogP contribution in [0, 0.1) is 11.7 Å². The van der Waals surface area contributed by atoms with Gasteiger partial charge in [0.2, 0.25) is 0 Å². The van der Waals surface area contributed by atoms with Crippen LogP contribution < -0.4 is 0 Å². The minimum atomic E-state index is -1.26. The fourth-order valence-electron chi connectivity index (χ4n) is 2.84. The fraction of sp³-hybridized carbons (Fsp3) is 0.556. The summed E-state index contributed by atoms with van der Waals surface area (Å²) in [6, 6.07) is 4.23. The fourth-order valence-corrected chi connectivity index (χ4v) is 2.84. The topological polar surface area (TPSA) is 66.8 Å². The summed E-state index contributed by atoms with van der Waals surface area (Å²) >= 11 is 0. The second kappa shape index (κ2) is 7.20. The van der Waals surface area contributed by atoms with Gasteiger partial charge in [-0.05, 0) is 63.6 Å². The minimum Gasteiger partial charge on any atom is -0.478 e. The van der Waals surface area contributed by atoms with Crippen molar-refractivity contribution in [2.75, 3.05) is 13.1 Å². The molecule has 1 aliphatic rings. The monoisotopic (exact) mass is 337 g/mol. The summed E-state index contributed by atoms with van der Waals surface area (Å²) in [7, 11) is 0. The van der Waals surface area contributed by atoms with Crippen molar-refractivity contribution in [3.05, 3.63) is 35.1 Å². The first kappa shape index (κ1) is 18.2. The van der Waals surface area contributed by atoms with E-state index in [0.29, 0.717) is 25.4 Å². The van der Waals surface area contributed by atoms with E-state index in [1.54, 1.807) is 11.0 Å². The number of aromatic carboxylic acids is 1. The van der Waals surface area contributed by atoms with Crippen molar-refractivity contribution in [1.29, 1.82) is 0 Å². The number of rotatable bonds is 3. The van der Waals surface area contributed by atoms with Gasteiger partial charge in [0.05, 0.1) is 5.56 Å². The maximum atomic E-state index is 13.4. The molecule has 1 aromatic carbocycles. The summed E-state index contributed by atoms with van der Waals surface area (Å²) in [5.74, 6) is -1.63. The molecule has 0 aromatic heterocycles. The Kier molecular flexibility index (Phi) is 5.47. The van der Waals surface area contributed by atoms with Crippen molar-refractivity contribution in [3.63, 3.8) is 0 Å². The number of carboxylic acid groups (broad SMARTS) is 1. The standard InChI is InChI=1S/C18H24FNO4/c1-18(2,3)24-17(23)20-8-6-12(7-9-20)10-13-4-5-15(19)14(11-13)16(21)22/h4-5,11-12H,6-10H2,1-3H3,(H,21,22). The maximum Gasteiger partial charge on any atom is 0.410 e. The van der Waals surface area contributed by atoms with Gasteiger partial charge in [0.15, 0.2) is 0 Å². The van der Waals surface area contributed by atoms with Gasteiger partial charge in [-0.15, -0.1) is 0 Å². The summed E-state index contributed by atoms with van der Waals surface area (Å²) in [6.07, 6.45) is 2.02. The number of hydrogen-bond acceptors (Lipinski definition) is 3. The van der Waals surface area contributed by atoms with E-state index in [4.69, 9.17) is 9.84 Å². The van der Waals surface area contributed by atoms with E-state index in [9.17, 15) is 14.0 Å². The zero-order valence-electron chi connectivity index (χ0n) is 14.3. The average molecular weight is 337 g/mol. The van der Waals surface area contributed by atoms with E-state index in [-0.39, 0.29) is 11.7 Å². The van der Waals surface area contributed by atoms with Crippen molar-refractivity contribution < 1.29 is 23.8 Å². The quantitative estimate of drug-likeness (QED) is 0.913. The predicted molar refractivity (Wildman–Crippen MR) is 87.6 cm³/mol. The molecule has 0 atom stereocenters. The number of amides is 1. The van der Waals surface area contributed by atoms with Gasteiger partial charge < -0.3 is 14.7 Å². The van der Waals surface area contributed by atoms with Crippen LogP contribution in [0.4, 0.5) is 9.18 Å². The van der Waals surface area contributed by atoms with Crippen LogP contribution in [0.2, 0.25) is 0 Å². The molecular weight excluding hydrogens is 313 g/mol. The van der Waals surface area contributed by atoms with Crippen LogP contribution in [0.25, 0.3) is 0 Å². The molecule has 24 heavy (non-hydrogen) atoms. The number of hydrogen-bond donors (Lipinski definition) is 1. The lowest BCUT2D eigenvalue weighted by molar-refractivity contribution is 0.0184.